The van der Waals surface area contributed by atoms with Crippen LogP contribution in [0.5, 0.6) is 0 Å². The fourth-order valence-corrected chi connectivity index (χ4v) is 2.87. The highest BCUT2D eigenvalue weighted by molar-refractivity contribution is 9.10. The standard InChI is InChI=1S/C17H12BrF2NO2/c18-12-3-1-2-10(6-12)13(8-17(22)23)14(9-21)11-4-5-15(19)16(20)7-11/h1-7,13-14H,8H2,(H,22,23). The summed E-state index contributed by atoms with van der Waals surface area (Å²) in [5, 5.41) is 18.6. The van der Waals surface area contributed by atoms with E-state index in [0.29, 0.717) is 5.56 Å². The van der Waals surface area contributed by atoms with E-state index in [9.17, 15) is 18.8 Å². The minimum atomic E-state index is -1.07. The largest absolute Gasteiger partial charge is 0.481 e. The lowest BCUT2D eigenvalue weighted by atomic mass is 9.80. The molecule has 2 atom stereocenters. The zero-order valence-corrected chi connectivity index (χ0v) is 13.4. The van der Waals surface area contributed by atoms with E-state index in [2.05, 4.69) is 15.9 Å². The first-order chi connectivity index (χ1) is 10.9. The fraction of sp³-hybridized carbons (Fsp3) is 0.176. The van der Waals surface area contributed by atoms with Crippen molar-refractivity contribution in [2.45, 2.75) is 18.3 Å². The molecule has 3 nitrogen and oxygen atoms in total. The van der Waals surface area contributed by atoms with Crippen molar-refractivity contribution in [3.63, 3.8) is 0 Å². The molecule has 0 spiro atoms. The van der Waals surface area contributed by atoms with E-state index in [0.717, 1.165) is 16.6 Å². The van der Waals surface area contributed by atoms with Crippen molar-refractivity contribution < 1.29 is 18.7 Å². The zero-order chi connectivity index (χ0) is 17.0. The molecule has 0 aliphatic heterocycles. The molecule has 2 aromatic rings. The van der Waals surface area contributed by atoms with E-state index in [-0.39, 0.29) is 12.0 Å². The number of nitrogens with zero attached hydrogens (tertiary/aromatic N) is 1. The monoisotopic (exact) mass is 379 g/mol. The predicted octanol–water partition coefficient (Wildman–Crippen LogP) is 4.59. The Morgan fingerprint density at radius 3 is 2.48 bits per heavy atom. The number of hydrogen-bond donors (Lipinski definition) is 1. The number of rotatable bonds is 5. The van der Waals surface area contributed by atoms with Crippen LogP contribution in [0.25, 0.3) is 0 Å². The van der Waals surface area contributed by atoms with E-state index in [1.165, 1.54) is 6.07 Å². The number of benzene rings is 2. The number of carboxylic acid groups (broad SMARTS) is 1. The van der Waals surface area contributed by atoms with Crippen LogP contribution in [0.3, 0.4) is 0 Å². The van der Waals surface area contributed by atoms with E-state index in [1.807, 2.05) is 6.07 Å². The molecule has 2 unspecified atom stereocenters. The maximum absolute atomic E-state index is 13.5. The normalized spacial score (nSPS) is 13.1. The summed E-state index contributed by atoms with van der Waals surface area (Å²) in [7, 11) is 0. The first-order valence-electron chi connectivity index (χ1n) is 6.74. The smallest absolute Gasteiger partial charge is 0.304 e. The average molecular weight is 380 g/mol. The van der Waals surface area contributed by atoms with Crippen LogP contribution in [0.4, 0.5) is 8.78 Å². The van der Waals surface area contributed by atoms with Crippen molar-refractivity contribution in [2.75, 3.05) is 0 Å². The molecular formula is C17H12BrF2NO2. The van der Waals surface area contributed by atoms with Crippen LogP contribution in [0.2, 0.25) is 0 Å². The summed E-state index contributed by atoms with van der Waals surface area (Å²) in [5.41, 5.74) is 0.885. The maximum Gasteiger partial charge on any atom is 0.304 e. The lowest BCUT2D eigenvalue weighted by Crippen LogP contribution is -2.15. The Bertz CT molecular complexity index is 773. The first-order valence-corrected chi connectivity index (χ1v) is 7.53. The highest BCUT2D eigenvalue weighted by Gasteiger charge is 2.28. The number of hydrogen-bond acceptors (Lipinski definition) is 2. The molecule has 0 amide bonds. The van der Waals surface area contributed by atoms with Crippen LogP contribution < -0.4 is 0 Å². The Labute approximate surface area is 140 Å². The third kappa shape index (κ3) is 4.14. The molecule has 118 valence electrons. The molecule has 0 radical (unpaired) electrons. The molecule has 0 aromatic heterocycles. The van der Waals surface area contributed by atoms with Crippen molar-refractivity contribution in [3.8, 4) is 6.07 Å². The van der Waals surface area contributed by atoms with Crippen molar-refractivity contribution >= 4 is 21.9 Å². The van der Waals surface area contributed by atoms with Gasteiger partial charge in [-0.2, -0.15) is 5.26 Å². The Morgan fingerprint density at radius 2 is 1.91 bits per heavy atom. The average Bonchev–Trinajstić information content (AvgIpc) is 2.50. The number of halogens is 3. The second-order valence-corrected chi connectivity index (χ2v) is 5.96. The summed E-state index contributed by atoms with van der Waals surface area (Å²) in [4.78, 5) is 11.2. The molecule has 0 bridgehead atoms. The third-order valence-corrected chi connectivity index (χ3v) is 4.01. The quantitative estimate of drug-likeness (QED) is 0.825. The molecule has 0 aliphatic carbocycles. The minimum Gasteiger partial charge on any atom is -0.481 e. The molecular weight excluding hydrogens is 368 g/mol. The zero-order valence-electron chi connectivity index (χ0n) is 11.8. The first kappa shape index (κ1) is 17.1. The van der Waals surface area contributed by atoms with Crippen LogP contribution in [-0.4, -0.2) is 11.1 Å². The van der Waals surface area contributed by atoms with Gasteiger partial charge in [-0.1, -0.05) is 34.1 Å². The van der Waals surface area contributed by atoms with E-state index in [4.69, 9.17) is 5.11 Å². The van der Waals surface area contributed by atoms with Crippen LogP contribution in [0.1, 0.15) is 29.4 Å². The van der Waals surface area contributed by atoms with Gasteiger partial charge in [0, 0.05) is 10.4 Å². The van der Waals surface area contributed by atoms with Crippen molar-refractivity contribution in [1.82, 2.24) is 0 Å². The number of aliphatic carboxylic acids is 1. The molecule has 0 fully saturated rings. The molecule has 1 N–H and O–H groups in total. The van der Waals surface area contributed by atoms with Crippen LogP contribution >= 0.6 is 15.9 Å². The molecule has 0 heterocycles. The van der Waals surface area contributed by atoms with Crippen LogP contribution in [-0.2, 0) is 4.79 Å². The topological polar surface area (TPSA) is 61.1 Å². The van der Waals surface area contributed by atoms with Crippen molar-refractivity contribution in [2.24, 2.45) is 0 Å². The van der Waals surface area contributed by atoms with Crippen molar-refractivity contribution in [3.05, 3.63) is 69.7 Å². The van der Waals surface area contributed by atoms with Gasteiger partial charge in [0.1, 0.15) is 0 Å². The molecule has 2 aromatic carbocycles. The lowest BCUT2D eigenvalue weighted by molar-refractivity contribution is -0.137. The van der Waals surface area contributed by atoms with Gasteiger partial charge in [0.25, 0.3) is 0 Å². The second kappa shape index (κ2) is 7.34. The summed E-state index contributed by atoms with van der Waals surface area (Å²) >= 11 is 3.31. The van der Waals surface area contributed by atoms with Gasteiger partial charge in [-0.15, -0.1) is 0 Å². The number of carbonyl (C=O) groups is 1. The summed E-state index contributed by atoms with van der Waals surface area (Å²) < 4.78 is 27.3. The van der Waals surface area contributed by atoms with Gasteiger partial charge in [0.2, 0.25) is 0 Å². The Balaban J connectivity index is 2.49. The number of carboxylic acids is 1. The van der Waals surface area contributed by atoms with Crippen molar-refractivity contribution in [1.29, 1.82) is 5.26 Å². The number of nitriles is 1. The highest BCUT2D eigenvalue weighted by atomic mass is 79.9. The Morgan fingerprint density at radius 1 is 1.17 bits per heavy atom. The van der Waals surface area contributed by atoms with E-state index in [1.54, 1.807) is 24.3 Å². The van der Waals surface area contributed by atoms with Gasteiger partial charge in [-0.25, -0.2) is 8.78 Å². The molecule has 6 heteroatoms. The highest BCUT2D eigenvalue weighted by Crippen LogP contribution is 2.36. The van der Waals surface area contributed by atoms with Gasteiger partial charge in [0.05, 0.1) is 18.4 Å². The van der Waals surface area contributed by atoms with Gasteiger partial charge in [-0.3, -0.25) is 4.79 Å². The summed E-state index contributed by atoms with van der Waals surface area (Å²) in [6.07, 6.45) is -0.298. The van der Waals surface area contributed by atoms with Gasteiger partial charge in [-0.05, 0) is 35.4 Å². The third-order valence-electron chi connectivity index (χ3n) is 3.52. The van der Waals surface area contributed by atoms with Crippen LogP contribution in [0.15, 0.2) is 46.9 Å². The molecule has 23 heavy (non-hydrogen) atoms. The summed E-state index contributed by atoms with van der Waals surface area (Å²) in [6.45, 7) is 0. The SMILES string of the molecule is N#CC(c1ccc(F)c(F)c1)C(CC(=O)O)c1cccc(Br)c1. The van der Waals surface area contributed by atoms with Crippen LogP contribution in [0, 0.1) is 23.0 Å². The lowest BCUT2D eigenvalue weighted by Gasteiger charge is -2.21. The van der Waals surface area contributed by atoms with E-state index < -0.39 is 29.4 Å². The van der Waals surface area contributed by atoms with Gasteiger partial charge >= 0.3 is 5.97 Å². The Kier molecular flexibility index (Phi) is 5.45. The molecule has 0 saturated heterocycles. The molecule has 0 saturated carbocycles. The maximum atomic E-state index is 13.5. The Hall–Kier alpha value is -2.26. The predicted molar refractivity (Wildman–Crippen MR) is 83.8 cm³/mol. The molecule has 0 aliphatic rings. The fourth-order valence-electron chi connectivity index (χ4n) is 2.46. The second-order valence-electron chi connectivity index (χ2n) is 5.04. The molecule has 2 rings (SSSR count). The minimum absolute atomic E-state index is 0.248. The van der Waals surface area contributed by atoms with Gasteiger partial charge < -0.3 is 5.11 Å². The van der Waals surface area contributed by atoms with Gasteiger partial charge in [0.15, 0.2) is 11.6 Å². The summed E-state index contributed by atoms with van der Waals surface area (Å²) in [5.74, 6) is -4.73. The summed E-state index contributed by atoms with van der Waals surface area (Å²) in [6, 6.07) is 12.1. The van der Waals surface area contributed by atoms with E-state index >= 15 is 0 Å².